The maximum Gasteiger partial charge on any atom is 0.311 e. The Morgan fingerprint density at radius 1 is 1.14 bits per heavy atom. The summed E-state index contributed by atoms with van der Waals surface area (Å²) >= 11 is 0. The highest BCUT2D eigenvalue weighted by molar-refractivity contribution is 7.86. The van der Waals surface area contributed by atoms with Gasteiger partial charge in [0.1, 0.15) is 0 Å². The molecule has 6 atom stereocenters. The van der Waals surface area contributed by atoms with Gasteiger partial charge in [-0.15, -0.1) is 0 Å². The predicted molar refractivity (Wildman–Crippen MR) is 107 cm³/mol. The highest BCUT2D eigenvalue weighted by Crippen LogP contribution is 2.70. The Labute approximate surface area is 169 Å². The van der Waals surface area contributed by atoms with E-state index in [0.29, 0.717) is 17.8 Å². The number of esters is 1. The number of methoxy groups -OCH3 is 1. The molecule has 0 aromatic carbocycles. The smallest absolute Gasteiger partial charge is 0.311 e. The molecule has 0 unspecified atom stereocenters. The molecule has 3 fully saturated rings. The second-order valence-electron chi connectivity index (χ2n) is 10.3. The summed E-state index contributed by atoms with van der Waals surface area (Å²) in [5, 5.41) is 0. The van der Waals surface area contributed by atoms with E-state index in [1.54, 1.807) is 0 Å². The van der Waals surface area contributed by atoms with Crippen molar-refractivity contribution in [2.75, 3.05) is 20.0 Å². The van der Waals surface area contributed by atoms with E-state index < -0.39 is 10.1 Å². The topological polar surface area (TPSA) is 69.7 Å². The zero-order valence-electron chi connectivity index (χ0n) is 17.6. The minimum absolute atomic E-state index is 0.0434. The van der Waals surface area contributed by atoms with Gasteiger partial charge in [-0.05, 0) is 86.0 Å². The van der Waals surface area contributed by atoms with Crippen LogP contribution in [0.5, 0.6) is 0 Å². The molecule has 3 saturated carbocycles. The van der Waals surface area contributed by atoms with Crippen LogP contribution in [-0.4, -0.2) is 34.4 Å². The number of hydrogen-bond donors (Lipinski definition) is 0. The number of carbonyl (C=O) groups is 1. The van der Waals surface area contributed by atoms with Gasteiger partial charge in [-0.1, -0.05) is 19.4 Å². The Hall–Kier alpha value is -0.880. The molecule has 0 heterocycles. The molecule has 0 amide bonds. The fourth-order valence-electron chi connectivity index (χ4n) is 7.75. The van der Waals surface area contributed by atoms with E-state index in [0.717, 1.165) is 44.8 Å². The van der Waals surface area contributed by atoms with Crippen molar-refractivity contribution in [3.05, 3.63) is 11.6 Å². The summed E-state index contributed by atoms with van der Waals surface area (Å²) in [5.41, 5.74) is 1.08. The first-order chi connectivity index (χ1) is 13.0. The Bertz CT molecular complexity index is 802. The lowest BCUT2D eigenvalue weighted by Crippen LogP contribution is -2.60. The molecule has 0 aliphatic heterocycles. The molecule has 2 bridgehead atoms. The van der Waals surface area contributed by atoms with E-state index in [9.17, 15) is 13.2 Å². The minimum atomic E-state index is -3.42. The van der Waals surface area contributed by atoms with Crippen LogP contribution < -0.4 is 0 Å². The third kappa shape index (κ3) is 2.97. The molecule has 0 radical (unpaired) electrons. The number of carbonyl (C=O) groups excluding carboxylic acids is 1. The normalized spacial score (nSPS) is 45.0. The van der Waals surface area contributed by atoms with Crippen molar-refractivity contribution >= 4 is 16.1 Å². The lowest BCUT2D eigenvalue weighted by Gasteiger charge is -2.66. The zero-order chi connectivity index (χ0) is 20.4. The molecule has 5 aliphatic rings. The molecule has 5 nitrogen and oxygen atoms in total. The second-order valence-corrected chi connectivity index (χ2v) is 11.9. The number of ether oxygens (including phenoxy) is 1. The molecule has 5 aliphatic carbocycles. The van der Waals surface area contributed by atoms with Crippen LogP contribution in [0.15, 0.2) is 11.6 Å². The van der Waals surface area contributed by atoms with E-state index in [4.69, 9.17) is 8.92 Å². The third-order valence-corrected chi connectivity index (χ3v) is 9.48. The van der Waals surface area contributed by atoms with Gasteiger partial charge in [0.2, 0.25) is 0 Å². The Morgan fingerprint density at radius 3 is 2.54 bits per heavy atom. The maximum absolute atomic E-state index is 12.7. The summed E-state index contributed by atoms with van der Waals surface area (Å²) in [6.45, 7) is 4.75. The van der Waals surface area contributed by atoms with Crippen molar-refractivity contribution in [1.29, 1.82) is 0 Å². The minimum Gasteiger partial charge on any atom is -0.469 e. The van der Waals surface area contributed by atoms with E-state index in [1.807, 2.05) is 0 Å². The van der Waals surface area contributed by atoms with Gasteiger partial charge in [0.15, 0.2) is 0 Å². The van der Waals surface area contributed by atoms with Crippen LogP contribution in [0, 0.1) is 34.0 Å². The van der Waals surface area contributed by atoms with Crippen molar-refractivity contribution in [3.63, 3.8) is 0 Å². The number of fused-ring (bicyclic) bond motifs is 2. The van der Waals surface area contributed by atoms with Crippen LogP contribution in [0.4, 0.5) is 0 Å². The van der Waals surface area contributed by atoms with Gasteiger partial charge in [-0.25, -0.2) is 0 Å². The first-order valence-electron chi connectivity index (χ1n) is 10.7. The van der Waals surface area contributed by atoms with Gasteiger partial charge in [0.05, 0.1) is 25.4 Å². The summed E-state index contributed by atoms with van der Waals surface area (Å²) in [5.74, 6) is 1.29. The van der Waals surface area contributed by atoms with Gasteiger partial charge >= 0.3 is 5.97 Å². The fraction of sp³-hybridized carbons (Fsp3) is 0.864. The average molecular weight is 411 g/mol. The summed E-state index contributed by atoms with van der Waals surface area (Å²) in [7, 11) is -1.91. The predicted octanol–water partition coefficient (Wildman–Crippen LogP) is 4.08. The second kappa shape index (κ2) is 6.56. The quantitative estimate of drug-likeness (QED) is 0.397. The van der Waals surface area contributed by atoms with E-state index in [1.165, 1.54) is 25.5 Å². The molecule has 6 heteroatoms. The van der Waals surface area contributed by atoms with Gasteiger partial charge in [-0.2, -0.15) is 8.42 Å². The van der Waals surface area contributed by atoms with E-state index in [-0.39, 0.29) is 28.8 Å². The first-order valence-corrected chi connectivity index (χ1v) is 12.5. The van der Waals surface area contributed by atoms with Crippen LogP contribution in [0.3, 0.4) is 0 Å². The van der Waals surface area contributed by atoms with Crippen LogP contribution in [0.1, 0.15) is 65.2 Å². The standard InChI is InChI=1S/C22H34O5S/c1-20-8-5-9-21(2,19(23)26-3)17(20)7-11-22-10-6-15(12-18(20)22)16(13-22)14-27-28(4,24)25/h13,15,17-18H,5-12,14H2,1-4H3/t15-,17-,18-,20+,21+,22+/m0/s1. The summed E-state index contributed by atoms with van der Waals surface area (Å²) in [6, 6.07) is 0. The largest absolute Gasteiger partial charge is 0.469 e. The molecule has 0 N–H and O–H groups in total. The van der Waals surface area contributed by atoms with Crippen molar-refractivity contribution in [2.24, 2.45) is 34.0 Å². The summed E-state index contributed by atoms with van der Waals surface area (Å²) < 4.78 is 33.3. The maximum atomic E-state index is 12.7. The van der Waals surface area contributed by atoms with Crippen LogP contribution in [0.2, 0.25) is 0 Å². The number of rotatable bonds is 4. The van der Waals surface area contributed by atoms with Crippen LogP contribution in [-0.2, 0) is 23.8 Å². The lowest BCUT2D eigenvalue weighted by atomic mass is 9.38. The van der Waals surface area contributed by atoms with Crippen molar-refractivity contribution in [2.45, 2.75) is 65.2 Å². The molecule has 0 aromatic heterocycles. The van der Waals surface area contributed by atoms with Crippen molar-refractivity contribution < 1.29 is 22.1 Å². The molecule has 28 heavy (non-hydrogen) atoms. The summed E-state index contributed by atoms with van der Waals surface area (Å²) in [6.07, 6.45) is 12.2. The highest BCUT2D eigenvalue weighted by atomic mass is 32.2. The van der Waals surface area contributed by atoms with Crippen molar-refractivity contribution in [1.82, 2.24) is 0 Å². The van der Waals surface area contributed by atoms with Gasteiger partial charge in [0.25, 0.3) is 10.1 Å². The van der Waals surface area contributed by atoms with Gasteiger partial charge in [-0.3, -0.25) is 8.98 Å². The third-order valence-electron chi connectivity index (χ3n) is 8.93. The lowest BCUT2D eigenvalue weighted by molar-refractivity contribution is -0.183. The Morgan fingerprint density at radius 2 is 1.86 bits per heavy atom. The molecular formula is C22H34O5S. The molecular weight excluding hydrogens is 376 g/mol. The summed E-state index contributed by atoms with van der Waals surface area (Å²) in [4.78, 5) is 12.7. The highest BCUT2D eigenvalue weighted by Gasteiger charge is 2.64. The molecule has 0 aromatic rings. The average Bonchev–Trinajstić information content (AvgIpc) is 2.64. The van der Waals surface area contributed by atoms with E-state index >= 15 is 0 Å². The zero-order valence-corrected chi connectivity index (χ0v) is 18.4. The van der Waals surface area contributed by atoms with Gasteiger partial charge in [0, 0.05) is 0 Å². The van der Waals surface area contributed by atoms with Crippen LogP contribution >= 0.6 is 0 Å². The molecule has 0 saturated heterocycles. The monoisotopic (exact) mass is 410 g/mol. The fourth-order valence-corrected chi connectivity index (χ4v) is 8.10. The number of allylic oxidation sites excluding steroid dienone is 1. The van der Waals surface area contributed by atoms with Crippen LogP contribution in [0.25, 0.3) is 0 Å². The van der Waals surface area contributed by atoms with Crippen molar-refractivity contribution in [3.8, 4) is 0 Å². The molecule has 5 rings (SSSR count). The molecule has 1 spiro atoms. The molecule has 158 valence electrons. The van der Waals surface area contributed by atoms with Gasteiger partial charge < -0.3 is 4.74 Å². The first kappa shape index (κ1) is 20.4. The SMILES string of the molecule is COC(=O)[C@]1(C)CCC[C@@]2(C)[C@@H]3C[C@@H]4CC[C@]3(C=C4COS(C)(=O)=O)CC[C@@H]21. The number of hydrogen-bond acceptors (Lipinski definition) is 5. The Balaban J connectivity index is 1.66. The van der Waals surface area contributed by atoms with E-state index in [2.05, 4.69) is 19.9 Å². The Kier molecular flexibility index (Phi) is 4.78.